The number of hydrogen-bond acceptors (Lipinski definition) is 3. The van der Waals surface area contributed by atoms with E-state index in [0.29, 0.717) is 12.9 Å². The van der Waals surface area contributed by atoms with Crippen molar-refractivity contribution in [2.75, 3.05) is 6.61 Å². The van der Waals surface area contributed by atoms with Gasteiger partial charge >= 0.3 is 5.97 Å². The maximum Gasteiger partial charge on any atom is 0.330 e. The fourth-order valence-corrected chi connectivity index (χ4v) is 0.434. The zero-order chi connectivity index (χ0) is 8.53. The van der Waals surface area contributed by atoms with Crippen LogP contribution in [0.2, 0.25) is 0 Å². The minimum atomic E-state index is -0.400. The molecule has 0 unspecified atom stereocenters. The predicted octanol–water partition coefficient (Wildman–Crippen LogP) is 0.861. The van der Waals surface area contributed by atoms with Crippen LogP contribution in [0.5, 0.6) is 0 Å². The Balaban J connectivity index is 3.64. The fourth-order valence-electron chi connectivity index (χ4n) is 0.434. The number of ether oxygens (including phenoxy) is 1. The molecule has 0 fully saturated rings. The molecule has 0 aliphatic heterocycles. The van der Waals surface area contributed by atoms with E-state index < -0.39 is 5.97 Å². The number of allylic oxidation sites excluding steroid dienone is 3. The molecule has 0 rings (SSSR count). The lowest BCUT2D eigenvalue weighted by Crippen LogP contribution is -1.98. The van der Waals surface area contributed by atoms with Crippen LogP contribution in [0.4, 0.5) is 0 Å². The summed E-state index contributed by atoms with van der Waals surface area (Å²) >= 11 is 0. The minimum Gasteiger partial charge on any atom is -0.463 e. The number of carbonyl (C=O) groups excluding carboxylic acids is 2. The van der Waals surface area contributed by atoms with Crippen molar-refractivity contribution in [3.05, 3.63) is 24.3 Å². The first-order valence-corrected chi connectivity index (χ1v) is 3.26. The van der Waals surface area contributed by atoms with Gasteiger partial charge < -0.3 is 4.74 Å². The Morgan fingerprint density at radius 3 is 2.64 bits per heavy atom. The molecule has 0 saturated carbocycles. The van der Waals surface area contributed by atoms with E-state index in [2.05, 4.69) is 4.74 Å². The first-order chi connectivity index (χ1) is 5.31. The van der Waals surface area contributed by atoms with Crippen LogP contribution >= 0.6 is 0 Å². The van der Waals surface area contributed by atoms with Gasteiger partial charge in [-0.2, -0.15) is 0 Å². The van der Waals surface area contributed by atoms with Crippen molar-refractivity contribution in [3.8, 4) is 0 Å². The van der Waals surface area contributed by atoms with Gasteiger partial charge in [0.15, 0.2) is 0 Å². The van der Waals surface area contributed by atoms with Crippen LogP contribution in [-0.2, 0) is 14.3 Å². The number of carbonyl (C=O) groups is 2. The highest BCUT2D eigenvalue weighted by atomic mass is 16.5. The van der Waals surface area contributed by atoms with E-state index in [1.165, 1.54) is 24.3 Å². The molecule has 0 aliphatic carbocycles. The van der Waals surface area contributed by atoms with Crippen molar-refractivity contribution in [2.24, 2.45) is 0 Å². The SMILES string of the molecule is CCOC(=O)/C=C/C=C\C=O. The fraction of sp³-hybridized carbons (Fsp3) is 0.250. The summed E-state index contributed by atoms with van der Waals surface area (Å²) in [6, 6.07) is 0. The highest BCUT2D eigenvalue weighted by molar-refractivity contribution is 5.82. The average molecular weight is 154 g/mol. The predicted molar refractivity (Wildman–Crippen MR) is 41.0 cm³/mol. The second-order valence-electron chi connectivity index (χ2n) is 1.63. The molecule has 3 heteroatoms. The summed E-state index contributed by atoms with van der Waals surface area (Å²) in [5, 5.41) is 0. The molecule has 0 radical (unpaired) electrons. The Morgan fingerprint density at radius 1 is 1.36 bits per heavy atom. The zero-order valence-corrected chi connectivity index (χ0v) is 6.32. The molecular formula is C8H10O3. The van der Waals surface area contributed by atoms with Gasteiger partial charge in [-0.3, -0.25) is 4.79 Å². The first-order valence-electron chi connectivity index (χ1n) is 3.26. The van der Waals surface area contributed by atoms with Crippen molar-refractivity contribution in [2.45, 2.75) is 6.92 Å². The summed E-state index contributed by atoms with van der Waals surface area (Å²) in [7, 11) is 0. The van der Waals surface area contributed by atoms with Crippen LogP contribution in [0.25, 0.3) is 0 Å². The third kappa shape index (κ3) is 6.51. The van der Waals surface area contributed by atoms with E-state index in [1.807, 2.05) is 0 Å². The summed E-state index contributed by atoms with van der Waals surface area (Å²) in [4.78, 5) is 20.3. The van der Waals surface area contributed by atoms with Crippen LogP contribution < -0.4 is 0 Å². The largest absolute Gasteiger partial charge is 0.463 e. The Hall–Kier alpha value is -1.38. The van der Waals surface area contributed by atoms with Crippen molar-refractivity contribution in [3.63, 3.8) is 0 Å². The van der Waals surface area contributed by atoms with Crippen molar-refractivity contribution >= 4 is 12.3 Å². The van der Waals surface area contributed by atoms with Crippen molar-refractivity contribution in [1.82, 2.24) is 0 Å². The molecular weight excluding hydrogens is 144 g/mol. The monoisotopic (exact) mass is 154 g/mol. The quantitative estimate of drug-likeness (QED) is 0.261. The van der Waals surface area contributed by atoms with Gasteiger partial charge in [0.2, 0.25) is 0 Å². The molecule has 0 aromatic carbocycles. The van der Waals surface area contributed by atoms with Gasteiger partial charge in [0.05, 0.1) is 6.61 Å². The second-order valence-corrected chi connectivity index (χ2v) is 1.63. The number of hydrogen-bond donors (Lipinski definition) is 0. The molecule has 0 saturated heterocycles. The minimum absolute atomic E-state index is 0.362. The van der Waals surface area contributed by atoms with Crippen molar-refractivity contribution < 1.29 is 14.3 Å². The smallest absolute Gasteiger partial charge is 0.330 e. The second kappa shape index (κ2) is 6.74. The lowest BCUT2D eigenvalue weighted by molar-refractivity contribution is -0.137. The molecule has 3 nitrogen and oxygen atoms in total. The Kier molecular flexibility index (Phi) is 5.89. The molecule has 0 spiro atoms. The van der Waals surface area contributed by atoms with Crippen LogP contribution in [0, 0.1) is 0 Å². The van der Waals surface area contributed by atoms with Crippen LogP contribution in [0.1, 0.15) is 6.92 Å². The first kappa shape index (κ1) is 9.62. The lowest BCUT2D eigenvalue weighted by Gasteiger charge is -1.92. The summed E-state index contributed by atoms with van der Waals surface area (Å²) in [6.45, 7) is 2.09. The topological polar surface area (TPSA) is 43.4 Å². The summed E-state index contributed by atoms with van der Waals surface area (Å²) in [5.74, 6) is -0.400. The lowest BCUT2D eigenvalue weighted by atomic mass is 10.4. The normalized spacial score (nSPS) is 10.6. The molecule has 0 aromatic heterocycles. The van der Waals surface area contributed by atoms with Gasteiger partial charge in [-0.1, -0.05) is 12.2 Å². The summed E-state index contributed by atoms with van der Waals surface area (Å²) < 4.78 is 4.57. The van der Waals surface area contributed by atoms with E-state index in [-0.39, 0.29) is 0 Å². The third-order valence-corrected chi connectivity index (χ3v) is 0.820. The maximum atomic E-state index is 10.6. The van der Waals surface area contributed by atoms with Gasteiger partial charge in [-0.05, 0) is 13.0 Å². The number of aldehydes is 1. The molecule has 0 amide bonds. The van der Waals surface area contributed by atoms with E-state index >= 15 is 0 Å². The highest BCUT2D eigenvalue weighted by Crippen LogP contribution is 1.81. The Morgan fingerprint density at radius 2 is 2.09 bits per heavy atom. The van der Waals surface area contributed by atoms with E-state index in [4.69, 9.17) is 0 Å². The number of esters is 1. The standard InChI is InChI=1S/C8H10O3/c1-2-11-8(10)6-4-3-5-7-9/h3-7H,2H2,1H3/b5-3-,6-4+. The molecule has 0 heterocycles. The van der Waals surface area contributed by atoms with Crippen LogP contribution in [-0.4, -0.2) is 18.9 Å². The van der Waals surface area contributed by atoms with Gasteiger partial charge in [0.1, 0.15) is 6.29 Å². The molecule has 11 heavy (non-hydrogen) atoms. The van der Waals surface area contributed by atoms with Gasteiger partial charge in [-0.15, -0.1) is 0 Å². The summed E-state index contributed by atoms with van der Waals surface area (Å²) in [5.41, 5.74) is 0. The zero-order valence-electron chi connectivity index (χ0n) is 6.32. The van der Waals surface area contributed by atoms with Gasteiger partial charge in [0, 0.05) is 6.08 Å². The Labute approximate surface area is 65.4 Å². The molecule has 0 aromatic rings. The molecule has 0 aliphatic rings. The van der Waals surface area contributed by atoms with E-state index in [1.54, 1.807) is 6.92 Å². The van der Waals surface area contributed by atoms with E-state index in [9.17, 15) is 9.59 Å². The molecule has 0 atom stereocenters. The third-order valence-electron chi connectivity index (χ3n) is 0.820. The van der Waals surface area contributed by atoms with Crippen LogP contribution in [0.3, 0.4) is 0 Å². The van der Waals surface area contributed by atoms with Crippen molar-refractivity contribution in [1.29, 1.82) is 0 Å². The molecule has 0 N–H and O–H groups in total. The summed E-state index contributed by atoms with van der Waals surface area (Å²) in [6.07, 6.45) is 6.09. The van der Waals surface area contributed by atoms with Gasteiger partial charge in [-0.25, -0.2) is 4.79 Å². The molecule has 0 bridgehead atoms. The average Bonchev–Trinajstić information content (AvgIpc) is 1.99. The Bertz CT molecular complexity index is 180. The highest BCUT2D eigenvalue weighted by Gasteiger charge is 1.89. The van der Waals surface area contributed by atoms with Gasteiger partial charge in [0.25, 0.3) is 0 Å². The molecule has 60 valence electrons. The maximum absolute atomic E-state index is 10.6. The number of rotatable bonds is 4. The van der Waals surface area contributed by atoms with Crippen LogP contribution in [0.15, 0.2) is 24.3 Å². The van der Waals surface area contributed by atoms with E-state index in [0.717, 1.165) is 0 Å².